The summed E-state index contributed by atoms with van der Waals surface area (Å²) in [6, 6.07) is 11.2. The van der Waals surface area contributed by atoms with E-state index in [9.17, 15) is 8.78 Å². The number of anilines is 2. The Bertz CT molecular complexity index is 550. The molecular weight excluding hydrogens is 246 g/mol. The molecule has 2 nitrogen and oxygen atoms in total. The third kappa shape index (κ3) is 3.02. The van der Waals surface area contributed by atoms with E-state index in [2.05, 4.69) is 0 Å². The molecule has 0 aliphatic carbocycles. The highest BCUT2D eigenvalue weighted by molar-refractivity contribution is 5.56. The van der Waals surface area contributed by atoms with Gasteiger partial charge in [0.25, 0.3) is 0 Å². The van der Waals surface area contributed by atoms with Crippen molar-refractivity contribution in [3.05, 3.63) is 59.7 Å². The van der Waals surface area contributed by atoms with Gasteiger partial charge in [0.15, 0.2) is 0 Å². The lowest BCUT2D eigenvalue weighted by molar-refractivity contribution is 0.551. The molecule has 4 heteroatoms. The minimum absolute atomic E-state index is 0.0757. The van der Waals surface area contributed by atoms with Crippen molar-refractivity contribution in [3.8, 4) is 0 Å². The lowest BCUT2D eigenvalue weighted by atomic mass is 10.1. The van der Waals surface area contributed by atoms with E-state index in [1.54, 1.807) is 12.1 Å². The molecule has 0 heterocycles. The highest BCUT2D eigenvalue weighted by atomic mass is 19.1. The number of hydrogen-bond acceptors (Lipinski definition) is 2. The molecule has 2 aromatic rings. The third-order valence-corrected chi connectivity index (χ3v) is 3.03. The van der Waals surface area contributed by atoms with Crippen molar-refractivity contribution in [1.29, 1.82) is 0 Å². The van der Waals surface area contributed by atoms with Crippen LogP contribution in [0, 0.1) is 11.6 Å². The Labute approximate surface area is 111 Å². The molecule has 2 aromatic carbocycles. The second-order valence-corrected chi connectivity index (χ2v) is 4.31. The van der Waals surface area contributed by atoms with Crippen LogP contribution in [0.25, 0.3) is 0 Å². The molecule has 19 heavy (non-hydrogen) atoms. The molecule has 0 saturated heterocycles. The zero-order valence-electron chi connectivity index (χ0n) is 10.7. The fourth-order valence-electron chi connectivity index (χ4n) is 1.98. The van der Waals surface area contributed by atoms with Crippen molar-refractivity contribution in [2.24, 2.45) is 0 Å². The zero-order chi connectivity index (χ0) is 13.8. The van der Waals surface area contributed by atoms with Crippen molar-refractivity contribution in [2.75, 3.05) is 17.2 Å². The topological polar surface area (TPSA) is 29.3 Å². The van der Waals surface area contributed by atoms with Crippen LogP contribution in [0.3, 0.4) is 0 Å². The van der Waals surface area contributed by atoms with Gasteiger partial charge in [-0.25, -0.2) is 8.78 Å². The Kier molecular flexibility index (Phi) is 4.00. The fourth-order valence-corrected chi connectivity index (χ4v) is 1.98. The van der Waals surface area contributed by atoms with Gasteiger partial charge in [0, 0.05) is 30.0 Å². The molecule has 100 valence electrons. The molecule has 0 bridgehead atoms. The number of nitrogen functional groups attached to an aromatic ring is 1. The first kappa shape index (κ1) is 13.3. The summed E-state index contributed by atoms with van der Waals surface area (Å²) in [5.41, 5.74) is 7.29. The molecule has 0 amide bonds. The van der Waals surface area contributed by atoms with Crippen LogP contribution in [-0.2, 0) is 6.54 Å². The number of halogens is 2. The standard InChI is InChI=1S/C15H16F2N2/c1-2-19(12-6-3-5-11(18)9-12)10-13-14(16)7-4-8-15(13)17/h3-9H,2,10,18H2,1H3. The van der Waals surface area contributed by atoms with E-state index in [1.807, 2.05) is 24.0 Å². The van der Waals surface area contributed by atoms with E-state index in [1.165, 1.54) is 18.2 Å². The number of nitrogens with zero attached hydrogens (tertiary/aromatic N) is 1. The summed E-state index contributed by atoms with van der Waals surface area (Å²) in [5.74, 6) is -1.05. The maximum atomic E-state index is 13.7. The minimum Gasteiger partial charge on any atom is -0.399 e. The average Bonchev–Trinajstić information content (AvgIpc) is 2.38. The second kappa shape index (κ2) is 5.69. The molecule has 0 unspecified atom stereocenters. The first-order valence-corrected chi connectivity index (χ1v) is 6.15. The largest absolute Gasteiger partial charge is 0.399 e. The van der Waals surface area contributed by atoms with Gasteiger partial charge < -0.3 is 10.6 Å². The molecule has 0 atom stereocenters. The van der Waals surface area contributed by atoms with Crippen molar-refractivity contribution < 1.29 is 8.78 Å². The van der Waals surface area contributed by atoms with E-state index < -0.39 is 11.6 Å². The van der Waals surface area contributed by atoms with Crippen LogP contribution >= 0.6 is 0 Å². The zero-order valence-corrected chi connectivity index (χ0v) is 10.7. The SMILES string of the molecule is CCN(Cc1c(F)cccc1F)c1cccc(N)c1. The van der Waals surface area contributed by atoms with E-state index in [-0.39, 0.29) is 12.1 Å². The predicted molar refractivity (Wildman–Crippen MR) is 73.9 cm³/mol. The number of nitrogens with two attached hydrogens (primary N) is 1. The molecule has 0 fully saturated rings. The van der Waals surface area contributed by atoms with E-state index in [0.717, 1.165) is 5.69 Å². The van der Waals surface area contributed by atoms with Crippen LogP contribution < -0.4 is 10.6 Å². The molecule has 0 aromatic heterocycles. The Morgan fingerprint density at radius 3 is 2.26 bits per heavy atom. The Balaban J connectivity index is 2.29. The summed E-state index contributed by atoms with van der Waals surface area (Å²) in [6.45, 7) is 2.75. The van der Waals surface area contributed by atoms with E-state index >= 15 is 0 Å². The minimum atomic E-state index is -0.526. The quantitative estimate of drug-likeness (QED) is 0.853. The molecule has 2 N–H and O–H groups in total. The molecular formula is C15H16F2N2. The first-order chi connectivity index (χ1) is 9.11. The van der Waals surface area contributed by atoms with Gasteiger partial charge in [-0.15, -0.1) is 0 Å². The predicted octanol–water partition coefficient (Wildman–Crippen LogP) is 3.57. The van der Waals surface area contributed by atoms with Gasteiger partial charge >= 0.3 is 0 Å². The summed E-state index contributed by atoms with van der Waals surface area (Å²) in [4.78, 5) is 1.87. The Morgan fingerprint density at radius 1 is 1.05 bits per heavy atom. The van der Waals surface area contributed by atoms with Crippen LogP contribution in [0.1, 0.15) is 12.5 Å². The van der Waals surface area contributed by atoms with E-state index in [4.69, 9.17) is 5.73 Å². The second-order valence-electron chi connectivity index (χ2n) is 4.31. The van der Waals surface area contributed by atoms with E-state index in [0.29, 0.717) is 12.2 Å². The summed E-state index contributed by atoms with van der Waals surface area (Å²) < 4.78 is 27.3. The molecule has 0 aliphatic heterocycles. The van der Waals surface area contributed by atoms with Gasteiger partial charge in [0.1, 0.15) is 11.6 Å². The number of rotatable bonds is 4. The maximum Gasteiger partial charge on any atom is 0.131 e. The average molecular weight is 262 g/mol. The Morgan fingerprint density at radius 2 is 1.68 bits per heavy atom. The lowest BCUT2D eigenvalue weighted by Gasteiger charge is -2.24. The fraction of sp³-hybridized carbons (Fsp3) is 0.200. The van der Waals surface area contributed by atoms with Crippen molar-refractivity contribution in [3.63, 3.8) is 0 Å². The summed E-state index contributed by atoms with van der Waals surface area (Å²) >= 11 is 0. The monoisotopic (exact) mass is 262 g/mol. The number of benzene rings is 2. The van der Waals surface area contributed by atoms with Crippen LogP contribution in [0.4, 0.5) is 20.2 Å². The van der Waals surface area contributed by atoms with Crippen molar-refractivity contribution in [2.45, 2.75) is 13.5 Å². The van der Waals surface area contributed by atoms with Crippen LogP contribution in [0.15, 0.2) is 42.5 Å². The third-order valence-electron chi connectivity index (χ3n) is 3.03. The normalized spacial score (nSPS) is 10.5. The van der Waals surface area contributed by atoms with Crippen molar-refractivity contribution in [1.82, 2.24) is 0 Å². The molecule has 0 aliphatic rings. The highest BCUT2D eigenvalue weighted by Crippen LogP contribution is 2.22. The van der Waals surface area contributed by atoms with Crippen molar-refractivity contribution >= 4 is 11.4 Å². The first-order valence-electron chi connectivity index (χ1n) is 6.15. The number of hydrogen-bond donors (Lipinski definition) is 1. The van der Waals surface area contributed by atoms with Gasteiger partial charge in [-0.1, -0.05) is 12.1 Å². The van der Waals surface area contributed by atoms with Crippen LogP contribution in [-0.4, -0.2) is 6.54 Å². The molecule has 0 spiro atoms. The molecule has 0 saturated carbocycles. The van der Waals surface area contributed by atoms with Gasteiger partial charge in [0.2, 0.25) is 0 Å². The Hall–Kier alpha value is -2.10. The summed E-state index contributed by atoms with van der Waals surface area (Å²) in [6.07, 6.45) is 0. The molecule has 0 radical (unpaired) electrons. The highest BCUT2D eigenvalue weighted by Gasteiger charge is 2.13. The summed E-state index contributed by atoms with van der Waals surface area (Å²) in [7, 11) is 0. The lowest BCUT2D eigenvalue weighted by Crippen LogP contribution is -2.23. The van der Waals surface area contributed by atoms with Gasteiger partial charge in [-0.3, -0.25) is 0 Å². The maximum absolute atomic E-state index is 13.7. The molecule has 2 rings (SSSR count). The van der Waals surface area contributed by atoms with Gasteiger partial charge in [-0.05, 0) is 37.3 Å². The van der Waals surface area contributed by atoms with Crippen LogP contribution in [0.5, 0.6) is 0 Å². The summed E-state index contributed by atoms with van der Waals surface area (Å²) in [5, 5.41) is 0. The smallest absolute Gasteiger partial charge is 0.131 e. The van der Waals surface area contributed by atoms with Gasteiger partial charge in [-0.2, -0.15) is 0 Å². The van der Waals surface area contributed by atoms with Crippen LogP contribution in [0.2, 0.25) is 0 Å². The van der Waals surface area contributed by atoms with Gasteiger partial charge in [0.05, 0.1) is 0 Å².